The van der Waals surface area contributed by atoms with Crippen molar-refractivity contribution in [3.05, 3.63) is 33.9 Å². The Morgan fingerprint density at radius 2 is 2.06 bits per heavy atom. The average molecular weight is 293 g/mol. The largest absolute Gasteiger partial charge is 0.270 e. The summed E-state index contributed by atoms with van der Waals surface area (Å²) in [6, 6.07) is 3.75. The van der Waals surface area contributed by atoms with Gasteiger partial charge in [0.15, 0.2) is 0 Å². The molecule has 18 heavy (non-hydrogen) atoms. The number of benzene rings is 1. The molecule has 0 aliphatic carbocycles. The van der Waals surface area contributed by atoms with E-state index in [0.717, 1.165) is 10.4 Å². The first kappa shape index (κ1) is 14.9. The molecule has 0 aliphatic rings. The Morgan fingerprint density at radius 3 is 2.56 bits per heavy atom. The van der Waals surface area contributed by atoms with Gasteiger partial charge < -0.3 is 0 Å². The second kappa shape index (κ2) is 5.64. The Bertz CT molecular complexity index is 559. The van der Waals surface area contributed by atoms with Crippen LogP contribution in [0.4, 0.5) is 5.69 Å². The van der Waals surface area contributed by atoms with E-state index >= 15 is 0 Å². The maximum absolute atomic E-state index is 12.2. The predicted molar refractivity (Wildman–Crippen MR) is 68.4 cm³/mol. The molecule has 0 fully saturated rings. The SMILES string of the molecule is Cc1ccc([N+](=O)[O-])cc1S(=O)(=O)N(C)CCCl. The lowest BCUT2D eigenvalue weighted by Crippen LogP contribution is -2.29. The zero-order valence-corrected chi connectivity index (χ0v) is 11.5. The second-order valence-electron chi connectivity index (χ2n) is 3.72. The van der Waals surface area contributed by atoms with Crippen LogP contribution in [0.5, 0.6) is 0 Å². The lowest BCUT2D eigenvalue weighted by molar-refractivity contribution is -0.385. The quantitative estimate of drug-likeness (QED) is 0.470. The van der Waals surface area contributed by atoms with Gasteiger partial charge in [0.05, 0.1) is 9.82 Å². The summed E-state index contributed by atoms with van der Waals surface area (Å²) in [4.78, 5) is 9.97. The summed E-state index contributed by atoms with van der Waals surface area (Å²) in [5.41, 5.74) is 0.209. The second-order valence-corrected chi connectivity index (χ2v) is 6.11. The topological polar surface area (TPSA) is 80.5 Å². The number of hydrogen-bond acceptors (Lipinski definition) is 4. The van der Waals surface area contributed by atoms with E-state index in [9.17, 15) is 18.5 Å². The van der Waals surface area contributed by atoms with Gasteiger partial charge in [-0.15, -0.1) is 11.6 Å². The van der Waals surface area contributed by atoms with Crippen LogP contribution in [0, 0.1) is 17.0 Å². The minimum Gasteiger partial charge on any atom is -0.258 e. The molecule has 6 nitrogen and oxygen atoms in total. The lowest BCUT2D eigenvalue weighted by Gasteiger charge is -2.17. The van der Waals surface area contributed by atoms with Crippen molar-refractivity contribution in [1.82, 2.24) is 4.31 Å². The van der Waals surface area contributed by atoms with E-state index in [2.05, 4.69) is 0 Å². The number of sulfonamides is 1. The number of halogens is 1. The summed E-state index contributed by atoms with van der Waals surface area (Å²) in [5.74, 6) is 0.156. The first-order valence-corrected chi connectivity index (χ1v) is 7.05. The van der Waals surface area contributed by atoms with Crippen LogP contribution in [0.2, 0.25) is 0 Å². The Balaban J connectivity index is 3.31. The molecule has 0 saturated heterocycles. The van der Waals surface area contributed by atoms with E-state index in [1.54, 1.807) is 6.92 Å². The van der Waals surface area contributed by atoms with E-state index in [1.165, 1.54) is 19.2 Å². The van der Waals surface area contributed by atoms with Crippen LogP contribution in [-0.2, 0) is 10.0 Å². The molecule has 0 aliphatic heterocycles. The normalized spacial score (nSPS) is 11.8. The number of rotatable bonds is 5. The van der Waals surface area contributed by atoms with Gasteiger partial charge in [0.25, 0.3) is 5.69 Å². The predicted octanol–water partition coefficient (Wildman–Crippen LogP) is 1.76. The summed E-state index contributed by atoms with van der Waals surface area (Å²) < 4.78 is 25.4. The minimum absolute atomic E-state index is 0.0654. The third-order valence-electron chi connectivity index (χ3n) is 2.47. The van der Waals surface area contributed by atoms with Gasteiger partial charge in [-0.05, 0) is 12.5 Å². The van der Waals surface area contributed by atoms with Gasteiger partial charge in [0.1, 0.15) is 0 Å². The standard InChI is InChI=1S/C10H13ClN2O4S/c1-8-3-4-9(13(14)15)7-10(8)18(16,17)12(2)6-5-11/h3-4,7H,5-6H2,1-2H3. The number of aryl methyl sites for hydroxylation is 1. The van der Waals surface area contributed by atoms with E-state index in [-0.39, 0.29) is 23.0 Å². The number of hydrogen-bond donors (Lipinski definition) is 0. The van der Waals surface area contributed by atoms with Gasteiger partial charge in [0.2, 0.25) is 10.0 Å². The van der Waals surface area contributed by atoms with Crippen LogP contribution in [0.15, 0.2) is 23.1 Å². The smallest absolute Gasteiger partial charge is 0.258 e. The molecule has 8 heteroatoms. The molecule has 0 atom stereocenters. The van der Waals surface area contributed by atoms with Crippen molar-refractivity contribution in [1.29, 1.82) is 0 Å². The minimum atomic E-state index is -3.74. The van der Waals surface area contributed by atoms with Crippen molar-refractivity contribution in [3.63, 3.8) is 0 Å². The highest BCUT2D eigenvalue weighted by Crippen LogP contribution is 2.24. The highest BCUT2D eigenvalue weighted by Gasteiger charge is 2.24. The Morgan fingerprint density at radius 1 is 1.44 bits per heavy atom. The first-order valence-electron chi connectivity index (χ1n) is 5.08. The van der Waals surface area contributed by atoms with Crippen LogP contribution in [0.25, 0.3) is 0 Å². The Labute approximate surface area is 110 Å². The van der Waals surface area contributed by atoms with Crippen molar-refractivity contribution >= 4 is 27.3 Å². The zero-order chi connectivity index (χ0) is 13.9. The molecule has 1 aromatic rings. The van der Waals surface area contributed by atoms with Crippen LogP contribution in [0.3, 0.4) is 0 Å². The van der Waals surface area contributed by atoms with Gasteiger partial charge >= 0.3 is 0 Å². The molecule has 0 bridgehead atoms. The van der Waals surface area contributed by atoms with Crippen molar-refractivity contribution in [2.45, 2.75) is 11.8 Å². The fourth-order valence-corrected chi connectivity index (χ4v) is 3.15. The Hall–Kier alpha value is -1.18. The number of nitrogens with zero attached hydrogens (tertiary/aromatic N) is 2. The maximum Gasteiger partial charge on any atom is 0.270 e. The molecule has 0 N–H and O–H groups in total. The average Bonchev–Trinajstić information content (AvgIpc) is 2.29. The van der Waals surface area contributed by atoms with Crippen LogP contribution >= 0.6 is 11.6 Å². The van der Waals surface area contributed by atoms with Crippen LogP contribution < -0.4 is 0 Å². The molecule has 0 unspecified atom stereocenters. The molecule has 0 aromatic heterocycles. The molecular weight excluding hydrogens is 280 g/mol. The molecular formula is C10H13ClN2O4S. The summed E-state index contributed by atoms with van der Waals surface area (Å²) >= 11 is 5.50. The van der Waals surface area contributed by atoms with Gasteiger partial charge in [-0.3, -0.25) is 10.1 Å². The van der Waals surface area contributed by atoms with Crippen LogP contribution in [0.1, 0.15) is 5.56 Å². The summed E-state index contributed by atoms with van der Waals surface area (Å²) in [6.45, 7) is 1.73. The molecule has 0 radical (unpaired) electrons. The van der Waals surface area contributed by atoms with E-state index < -0.39 is 14.9 Å². The van der Waals surface area contributed by atoms with Crippen LogP contribution in [-0.4, -0.2) is 37.1 Å². The molecule has 0 spiro atoms. The van der Waals surface area contributed by atoms with E-state index in [1.807, 2.05) is 0 Å². The molecule has 0 saturated carbocycles. The highest BCUT2D eigenvalue weighted by molar-refractivity contribution is 7.89. The summed E-state index contributed by atoms with van der Waals surface area (Å²) in [7, 11) is -2.36. The Kier molecular flexibility index (Phi) is 4.66. The fraction of sp³-hybridized carbons (Fsp3) is 0.400. The lowest BCUT2D eigenvalue weighted by atomic mass is 10.2. The first-order chi connectivity index (χ1) is 8.30. The van der Waals surface area contributed by atoms with Gasteiger partial charge in [-0.1, -0.05) is 6.07 Å². The fourth-order valence-electron chi connectivity index (χ4n) is 1.39. The molecule has 1 rings (SSSR count). The van der Waals surface area contributed by atoms with E-state index in [4.69, 9.17) is 11.6 Å². The van der Waals surface area contributed by atoms with Crippen molar-refractivity contribution < 1.29 is 13.3 Å². The monoisotopic (exact) mass is 292 g/mol. The molecule has 0 amide bonds. The third-order valence-corrected chi connectivity index (χ3v) is 4.64. The van der Waals surface area contributed by atoms with Gasteiger partial charge in [-0.25, -0.2) is 8.42 Å². The number of alkyl halides is 1. The summed E-state index contributed by atoms with van der Waals surface area (Å²) in [6.07, 6.45) is 0. The maximum atomic E-state index is 12.2. The van der Waals surface area contributed by atoms with Gasteiger partial charge in [-0.2, -0.15) is 4.31 Å². The van der Waals surface area contributed by atoms with Gasteiger partial charge in [0, 0.05) is 31.6 Å². The number of nitro groups is 1. The number of nitro benzene ring substituents is 1. The highest BCUT2D eigenvalue weighted by atomic mass is 35.5. The van der Waals surface area contributed by atoms with E-state index in [0.29, 0.717) is 5.56 Å². The van der Waals surface area contributed by atoms with Crippen molar-refractivity contribution in [2.75, 3.05) is 19.5 Å². The van der Waals surface area contributed by atoms with Crippen molar-refractivity contribution in [3.8, 4) is 0 Å². The van der Waals surface area contributed by atoms with Crippen molar-refractivity contribution in [2.24, 2.45) is 0 Å². The molecule has 0 heterocycles. The number of non-ortho nitro benzene ring substituents is 1. The molecule has 100 valence electrons. The third kappa shape index (κ3) is 2.98. The molecule has 1 aromatic carbocycles. The summed E-state index contributed by atoms with van der Waals surface area (Å²) in [5, 5.41) is 10.7. The zero-order valence-electron chi connectivity index (χ0n) is 9.96.